The van der Waals surface area contributed by atoms with Gasteiger partial charge in [-0.25, -0.2) is 9.59 Å². The Morgan fingerprint density at radius 1 is 0.450 bits per heavy atom. The minimum atomic E-state index is -1.73. The van der Waals surface area contributed by atoms with E-state index in [0.717, 1.165) is 25.2 Å². The summed E-state index contributed by atoms with van der Waals surface area (Å²) in [6.45, 7) is 23.1. The fourth-order valence-corrected chi connectivity index (χ4v) is 12.7. The van der Waals surface area contributed by atoms with Crippen LogP contribution in [0.5, 0.6) is 0 Å². The molecule has 0 aliphatic rings. The second-order valence-corrected chi connectivity index (χ2v) is 31.0. The summed E-state index contributed by atoms with van der Waals surface area (Å²) in [4.78, 5) is 195. The van der Waals surface area contributed by atoms with E-state index in [1.165, 1.54) is 77.9 Å². The topological polar surface area (TPSA) is 341 Å². The number of carbonyl (C=O) groups is 13. The van der Waals surface area contributed by atoms with Gasteiger partial charge >= 0.3 is 18.0 Å². The highest BCUT2D eigenvalue weighted by Gasteiger charge is 2.44. The van der Waals surface area contributed by atoms with Crippen LogP contribution in [0.15, 0.2) is 121 Å². The first kappa shape index (κ1) is 93.1. The Kier molecular flexibility index (Phi) is 36.9. The molecule has 4 rings (SSSR count). The monoisotopic (exact) mass is 1540 g/mol. The summed E-state index contributed by atoms with van der Waals surface area (Å²) in [5.74, 6) is -11.2. The van der Waals surface area contributed by atoms with Gasteiger partial charge in [0, 0.05) is 62.2 Å². The Morgan fingerprint density at radius 3 is 1.38 bits per heavy atom. The molecule has 0 aliphatic heterocycles. The number of carboxylic acids is 1. The van der Waals surface area contributed by atoms with E-state index in [1.54, 1.807) is 140 Å². The second kappa shape index (κ2) is 44.0. The number of rotatable bonds is 41. The van der Waals surface area contributed by atoms with Crippen molar-refractivity contribution in [2.24, 2.45) is 23.7 Å². The van der Waals surface area contributed by atoms with Gasteiger partial charge in [0.1, 0.15) is 72.6 Å². The standard InChI is InChI=1S/C83H121N11O17/c1-22-54(8)71(75(100)84-55(9)76(101)92(19)66(46-59-37-29-24-30-38-59)79(104)94(21)70(53(6)7)74(99)86-63(81(106)107)47-68(96)110-50-61-41-33-26-34-42-61)93(20)67(95)48-88(15)80(105)69(57(11)109-49-60-39-31-25-32-40-60)87-73(98)64(44-52(4)5)91(18)78(103)62(43-51(2)3)85-72(97)65(45-58-35-27-23-28-36-58)90(17)77(102)56(10)89(16)82(108)111-83(12,13)14/h23-42,51-57,62-66,69-71H,22,43-50H2,1-21H3,(H,84,100)(H,85,97)(H,86,99)(H,87,98)(H,106,107)/t54-,55-,56-,57+,62-,63-,64-,65-,66-,69-,70-,71-/m0/s1. The average molecular weight is 1540 g/mol. The van der Waals surface area contributed by atoms with E-state index in [1.807, 2.05) is 64.1 Å². The molecule has 0 saturated heterocycles. The molecular formula is C83H121N11O17. The number of nitrogens with zero attached hydrogens (tertiary/aromatic N) is 7. The third-order valence-electron chi connectivity index (χ3n) is 19.5. The molecule has 0 spiro atoms. The maximum Gasteiger partial charge on any atom is 0.410 e. The van der Waals surface area contributed by atoms with Crippen molar-refractivity contribution in [3.05, 3.63) is 144 Å². The van der Waals surface area contributed by atoms with Gasteiger partial charge in [0.25, 0.3) is 0 Å². The average Bonchev–Trinajstić information content (AvgIpc) is 0.822. The zero-order valence-corrected chi connectivity index (χ0v) is 68.7. The summed E-state index contributed by atoms with van der Waals surface area (Å²) in [6.07, 6.45) is -2.06. The fraction of sp³-hybridized carbons (Fsp3) is 0.554. The highest BCUT2D eigenvalue weighted by atomic mass is 16.6. The highest BCUT2D eigenvalue weighted by molar-refractivity contribution is 5.99. The maximum atomic E-state index is 15.2. The summed E-state index contributed by atoms with van der Waals surface area (Å²) < 4.78 is 17.1. The number of carboxylic acid groups (broad SMARTS) is 1. The largest absolute Gasteiger partial charge is 0.480 e. The van der Waals surface area contributed by atoms with E-state index in [9.17, 15) is 53.1 Å². The van der Waals surface area contributed by atoms with Crippen LogP contribution in [0.25, 0.3) is 0 Å². The first-order valence-corrected chi connectivity index (χ1v) is 37.9. The Bertz CT molecular complexity index is 3750. The molecule has 4 aromatic carbocycles. The van der Waals surface area contributed by atoms with E-state index < -0.39 is 174 Å². The van der Waals surface area contributed by atoms with Gasteiger partial charge in [-0.15, -0.1) is 0 Å². The minimum Gasteiger partial charge on any atom is -0.480 e. The normalized spacial score (nSPS) is 14.7. The van der Waals surface area contributed by atoms with Crippen LogP contribution in [0, 0.1) is 23.7 Å². The predicted molar refractivity (Wildman–Crippen MR) is 420 cm³/mol. The second-order valence-electron chi connectivity index (χ2n) is 31.0. The van der Waals surface area contributed by atoms with Crippen LogP contribution in [0.3, 0.4) is 0 Å². The van der Waals surface area contributed by atoms with Crippen molar-refractivity contribution in [3.8, 4) is 0 Å². The van der Waals surface area contributed by atoms with Crippen LogP contribution >= 0.6 is 0 Å². The molecule has 0 saturated carbocycles. The lowest BCUT2D eigenvalue weighted by Crippen LogP contribution is -2.61. The van der Waals surface area contributed by atoms with Gasteiger partial charge in [0.15, 0.2) is 0 Å². The zero-order chi connectivity index (χ0) is 83.5. The van der Waals surface area contributed by atoms with Crippen LogP contribution in [0.2, 0.25) is 0 Å². The molecule has 11 amide bonds. The number of benzene rings is 4. The van der Waals surface area contributed by atoms with Crippen LogP contribution in [0.1, 0.15) is 145 Å². The van der Waals surface area contributed by atoms with Gasteiger partial charge in [-0.05, 0) is 100 Å². The molecule has 111 heavy (non-hydrogen) atoms. The molecule has 0 aliphatic carbocycles. The zero-order valence-electron chi connectivity index (χ0n) is 68.7. The number of carbonyl (C=O) groups excluding carboxylic acids is 12. The Labute approximate surface area is 655 Å². The third kappa shape index (κ3) is 28.5. The summed E-state index contributed by atoms with van der Waals surface area (Å²) in [5, 5.41) is 21.1. The van der Waals surface area contributed by atoms with Gasteiger partial charge in [-0.1, -0.05) is 183 Å². The van der Waals surface area contributed by atoms with Crippen LogP contribution in [-0.2, 0) is 97.8 Å². The Hall–Kier alpha value is -10.3. The van der Waals surface area contributed by atoms with Crippen molar-refractivity contribution >= 4 is 77.1 Å². The molecule has 0 bridgehead atoms. The van der Waals surface area contributed by atoms with E-state index in [-0.39, 0.29) is 50.7 Å². The van der Waals surface area contributed by atoms with Crippen molar-refractivity contribution in [1.82, 2.24) is 55.6 Å². The van der Waals surface area contributed by atoms with Crippen LogP contribution in [0.4, 0.5) is 4.79 Å². The highest BCUT2D eigenvalue weighted by Crippen LogP contribution is 2.24. The molecule has 0 aromatic heterocycles. The number of amides is 11. The van der Waals surface area contributed by atoms with Crippen molar-refractivity contribution < 1.29 is 81.6 Å². The molecular weight excluding hydrogens is 1420 g/mol. The molecule has 28 nitrogen and oxygen atoms in total. The molecule has 28 heteroatoms. The Balaban J connectivity index is 1.62. The van der Waals surface area contributed by atoms with E-state index in [2.05, 4.69) is 21.3 Å². The molecule has 0 heterocycles. The van der Waals surface area contributed by atoms with Crippen molar-refractivity contribution in [2.75, 3.05) is 55.9 Å². The number of nitrogens with one attached hydrogen (secondary N) is 4. The lowest BCUT2D eigenvalue weighted by atomic mass is 9.96. The smallest absolute Gasteiger partial charge is 0.410 e. The summed E-state index contributed by atoms with van der Waals surface area (Å²) in [7, 11) is 9.76. The number of esters is 1. The first-order chi connectivity index (χ1) is 52.0. The number of ether oxygens (including phenoxy) is 3. The molecule has 0 fully saturated rings. The molecule has 0 unspecified atom stereocenters. The number of hydrogen-bond donors (Lipinski definition) is 5. The van der Waals surface area contributed by atoms with E-state index >= 15 is 14.4 Å². The van der Waals surface area contributed by atoms with Crippen LogP contribution in [-0.4, -0.2) is 245 Å². The summed E-state index contributed by atoms with van der Waals surface area (Å²) in [6, 6.07) is 22.3. The molecule has 12 atom stereocenters. The summed E-state index contributed by atoms with van der Waals surface area (Å²) in [5.41, 5.74) is 1.88. The SMILES string of the molecule is CC[C@H](C)[C@@H](C(=O)N[C@@H](C)C(=O)N(C)[C@@H](Cc1ccccc1)C(=O)N(C)[C@H](C(=O)N[C@@H](CC(=O)OCc1ccccc1)C(=O)O)C(C)C)N(C)C(=O)CN(C)C(=O)[C@@H](NC(=O)[C@H](CC(C)C)N(C)C(=O)[C@H](CC(C)C)NC(=O)[C@H](Cc1ccccc1)N(C)C(=O)[C@H](C)N(C)C(=O)OC(C)(C)C)[C@@H](C)OCc1ccccc1. The predicted octanol–water partition coefficient (Wildman–Crippen LogP) is 6.90. The van der Waals surface area contributed by atoms with E-state index in [0.29, 0.717) is 23.1 Å². The molecule has 610 valence electrons. The minimum absolute atomic E-state index is 0.00151. The lowest BCUT2D eigenvalue weighted by molar-refractivity contribution is -0.153. The Morgan fingerprint density at radius 2 is 0.901 bits per heavy atom. The first-order valence-electron chi connectivity index (χ1n) is 37.9. The van der Waals surface area contributed by atoms with Gasteiger partial charge in [-0.2, -0.15) is 0 Å². The molecule has 4 aromatic rings. The van der Waals surface area contributed by atoms with Crippen molar-refractivity contribution in [2.45, 2.75) is 221 Å². The van der Waals surface area contributed by atoms with Crippen molar-refractivity contribution in [3.63, 3.8) is 0 Å². The van der Waals surface area contributed by atoms with Gasteiger partial charge < -0.3 is 70.0 Å². The quantitative estimate of drug-likeness (QED) is 0.0282. The third-order valence-corrected chi connectivity index (χ3v) is 19.5. The van der Waals surface area contributed by atoms with Gasteiger partial charge in [-0.3, -0.25) is 57.6 Å². The fourth-order valence-electron chi connectivity index (χ4n) is 12.7. The number of aliphatic carboxylic acids is 1. The molecule has 5 N–H and O–H groups in total. The summed E-state index contributed by atoms with van der Waals surface area (Å²) >= 11 is 0. The maximum absolute atomic E-state index is 15.2. The van der Waals surface area contributed by atoms with Gasteiger partial charge in [0.2, 0.25) is 59.1 Å². The van der Waals surface area contributed by atoms with Crippen molar-refractivity contribution in [1.29, 1.82) is 0 Å². The van der Waals surface area contributed by atoms with Gasteiger partial charge in [0.05, 0.1) is 25.7 Å². The van der Waals surface area contributed by atoms with E-state index in [4.69, 9.17) is 14.2 Å². The van der Waals surface area contributed by atoms with Crippen LogP contribution < -0.4 is 21.3 Å². The molecule has 0 radical (unpaired) electrons. The number of likely N-dealkylation sites (N-methyl/N-ethyl adjacent to an activating group) is 7. The lowest BCUT2D eigenvalue weighted by Gasteiger charge is -2.37. The number of hydrogen-bond acceptors (Lipinski definition) is 16.